The van der Waals surface area contributed by atoms with Crippen molar-refractivity contribution in [2.75, 3.05) is 19.6 Å². The van der Waals surface area contributed by atoms with Crippen LogP contribution in [0.3, 0.4) is 0 Å². The van der Waals surface area contributed by atoms with E-state index in [4.69, 9.17) is 4.74 Å². The van der Waals surface area contributed by atoms with Gasteiger partial charge < -0.3 is 15.0 Å². The Morgan fingerprint density at radius 3 is 2.92 bits per heavy atom. The number of rotatable bonds is 1. The lowest BCUT2D eigenvalue weighted by Crippen LogP contribution is -2.57. The maximum absolute atomic E-state index is 12.9. The first-order valence-corrected chi connectivity index (χ1v) is 8.85. The molecule has 2 aliphatic heterocycles. The lowest BCUT2D eigenvalue weighted by atomic mass is 9.92. The van der Waals surface area contributed by atoms with Gasteiger partial charge in [0.25, 0.3) is 11.8 Å². The second-order valence-corrected chi connectivity index (χ2v) is 6.98. The fourth-order valence-corrected chi connectivity index (χ4v) is 3.63. The number of carbonyl (C=O) groups is 2. The first-order chi connectivity index (χ1) is 12.6. The number of carbonyl (C=O) groups excluding carboxylic acids is 2. The van der Waals surface area contributed by atoms with Crippen molar-refractivity contribution in [2.24, 2.45) is 0 Å². The molecule has 6 nitrogen and oxygen atoms in total. The van der Waals surface area contributed by atoms with Gasteiger partial charge in [-0.15, -0.1) is 0 Å². The smallest absolute Gasteiger partial charge is 0.255 e. The number of para-hydroxylation sites is 1. The van der Waals surface area contributed by atoms with Crippen molar-refractivity contribution in [1.29, 1.82) is 0 Å². The van der Waals surface area contributed by atoms with Crippen LogP contribution in [0.2, 0.25) is 0 Å². The van der Waals surface area contributed by atoms with Crippen molar-refractivity contribution >= 4 is 11.8 Å². The minimum Gasteiger partial charge on any atom is -0.483 e. The standard InChI is InChI=1S/C20H21N3O3/c1-14-7-8-15(11-21-14)19(25)23-10-4-9-20(13-23)12-22-18(24)16-5-2-3-6-17(16)26-20/h2-3,5-8,11H,4,9-10,12-13H2,1H3,(H,22,24)/t20-/m0/s1. The minimum absolute atomic E-state index is 0.0518. The Morgan fingerprint density at radius 1 is 1.27 bits per heavy atom. The van der Waals surface area contributed by atoms with E-state index in [9.17, 15) is 9.59 Å². The van der Waals surface area contributed by atoms with Gasteiger partial charge in [0.2, 0.25) is 0 Å². The highest BCUT2D eigenvalue weighted by Crippen LogP contribution is 2.32. The maximum Gasteiger partial charge on any atom is 0.255 e. The summed E-state index contributed by atoms with van der Waals surface area (Å²) >= 11 is 0. The van der Waals surface area contributed by atoms with Gasteiger partial charge in [0, 0.05) is 18.4 Å². The van der Waals surface area contributed by atoms with Gasteiger partial charge in [-0.25, -0.2) is 0 Å². The fraction of sp³-hybridized carbons (Fsp3) is 0.350. The van der Waals surface area contributed by atoms with Crippen molar-refractivity contribution in [1.82, 2.24) is 15.2 Å². The van der Waals surface area contributed by atoms with Gasteiger partial charge in [0.05, 0.1) is 24.2 Å². The van der Waals surface area contributed by atoms with Crippen LogP contribution in [0.25, 0.3) is 0 Å². The molecule has 0 aliphatic carbocycles. The average molecular weight is 351 g/mol. The number of hydrogen-bond donors (Lipinski definition) is 1. The predicted molar refractivity (Wildman–Crippen MR) is 96.2 cm³/mol. The molecular formula is C20H21N3O3. The van der Waals surface area contributed by atoms with E-state index in [1.807, 2.05) is 31.2 Å². The topological polar surface area (TPSA) is 71.5 Å². The minimum atomic E-state index is -0.603. The van der Waals surface area contributed by atoms with Crippen LogP contribution in [0.4, 0.5) is 0 Å². The number of aryl methyl sites for hydroxylation is 1. The van der Waals surface area contributed by atoms with Gasteiger partial charge in [0.15, 0.2) is 0 Å². The Balaban J connectivity index is 1.59. The molecule has 1 saturated heterocycles. The molecule has 2 aromatic rings. The van der Waals surface area contributed by atoms with Gasteiger partial charge in [0.1, 0.15) is 11.4 Å². The number of pyridine rings is 1. The summed E-state index contributed by atoms with van der Waals surface area (Å²) in [7, 11) is 0. The van der Waals surface area contributed by atoms with E-state index >= 15 is 0 Å². The third-order valence-electron chi connectivity index (χ3n) is 5.01. The molecule has 1 aromatic heterocycles. The number of likely N-dealkylation sites (tertiary alicyclic amines) is 1. The Hall–Kier alpha value is -2.89. The quantitative estimate of drug-likeness (QED) is 0.855. The number of amides is 2. The number of hydrogen-bond acceptors (Lipinski definition) is 4. The molecule has 1 aromatic carbocycles. The third-order valence-corrected chi connectivity index (χ3v) is 5.01. The highest BCUT2D eigenvalue weighted by atomic mass is 16.5. The van der Waals surface area contributed by atoms with Crippen LogP contribution in [0.1, 0.15) is 39.3 Å². The number of aromatic nitrogens is 1. The molecule has 0 saturated carbocycles. The molecular weight excluding hydrogens is 330 g/mol. The van der Waals surface area contributed by atoms with Crippen LogP contribution in [-0.4, -0.2) is 46.9 Å². The fourth-order valence-electron chi connectivity index (χ4n) is 3.63. The average Bonchev–Trinajstić information content (AvgIpc) is 2.79. The summed E-state index contributed by atoms with van der Waals surface area (Å²) in [6.07, 6.45) is 3.23. The Kier molecular flexibility index (Phi) is 4.11. The molecule has 1 atom stereocenters. The van der Waals surface area contributed by atoms with Crippen LogP contribution in [0.15, 0.2) is 42.6 Å². The third kappa shape index (κ3) is 3.03. The van der Waals surface area contributed by atoms with Crippen LogP contribution in [-0.2, 0) is 0 Å². The van der Waals surface area contributed by atoms with E-state index in [1.165, 1.54) is 0 Å². The maximum atomic E-state index is 12.9. The molecule has 0 unspecified atom stereocenters. The van der Waals surface area contributed by atoms with Crippen LogP contribution in [0, 0.1) is 6.92 Å². The number of fused-ring (bicyclic) bond motifs is 1. The number of benzene rings is 1. The summed E-state index contributed by atoms with van der Waals surface area (Å²) in [6.45, 7) is 3.39. The Bertz CT molecular complexity index is 850. The SMILES string of the molecule is Cc1ccc(C(=O)N2CCC[C@]3(CNC(=O)c4ccccc4O3)C2)cn1. The molecule has 3 heterocycles. The molecule has 26 heavy (non-hydrogen) atoms. The van der Waals surface area contributed by atoms with Crippen molar-refractivity contribution in [3.05, 3.63) is 59.4 Å². The second kappa shape index (κ2) is 6.44. The van der Waals surface area contributed by atoms with Crippen molar-refractivity contribution < 1.29 is 14.3 Å². The van der Waals surface area contributed by atoms with E-state index in [1.54, 1.807) is 23.2 Å². The molecule has 0 bridgehead atoms. The Morgan fingerprint density at radius 2 is 2.12 bits per heavy atom. The molecule has 134 valence electrons. The van der Waals surface area contributed by atoms with Gasteiger partial charge in [-0.2, -0.15) is 0 Å². The van der Waals surface area contributed by atoms with Crippen LogP contribution >= 0.6 is 0 Å². The molecule has 1 N–H and O–H groups in total. The summed E-state index contributed by atoms with van der Waals surface area (Å²) < 4.78 is 6.30. The highest BCUT2D eigenvalue weighted by Gasteiger charge is 2.42. The number of nitrogens with zero attached hydrogens (tertiary/aromatic N) is 2. The molecule has 4 rings (SSSR count). The second-order valence-electron chi connectivity index (χ2n) is 6.98. The van der Waals surface area contributed by atoms with E-state index < -0.39 is 5.60 Å². The van der Waals surface area contributed by atoms with Crippen molar-refractivity contribution in [2.45, 2.75) is 25.4 Å². The molecule has 2 aliphatic rings. The van der Waals surface area contributed by atoms with Gasteiger partial charge in [-0.05, 0) is 44.0 Å². The zero-order valence-electron chi connectivity index (χ0n) is 14.7. The van der Waals surface area contributed by atoms with Gasteiger partial charge >= 0.3 is 0 Å². The number of ether oxygens (including phenoxy) is 1. The zero-order valence-corrected chi connectivity index (χ0v) is 14.7. The van der Waals surface area contributed by atoms with Crippen molar-refractivity contribution in [3.63, 3.8) is 0 Å². The van der Waals surface area contributed by atoms with Crippen molar-refractivity contribution in [3.8, 4) is 5.75 Å². The molecule has 1 fully saturated rings. The zero-order chi connectivity index (χ0) is 18.1. The lowest BCUT2D eigenvalue weighted by Gasteiger charge is -2.42. The Labute approximate surface area is 152 Å². The summed E-state index contributed by atoms with van der Waals surface area (Å²) in [5, 5.41) is 2.95. The highest BCUT2D eigenvalue weighted by molar-refractivity contribution is 5.97. The summed E-state index contributed by atoms with van der Waals surface area (Å²) in [5.74, 6) is 0.390. The number of nitrogens with one attached hydrogen (secondary N) is 1. The summed E-state index contributed by atoms with van der Waals surface area (Å²) in [5.41, 5.74) is 1.39. The summed E-state index contributed by atoms with van der Waals surface area (Å²) in [6, 6.07) is 10.9. The number of piperidine rings is 1. The largest absolute Gasteiger partial charge is 0.483 e. The normalized spacial score (nSPS) is 22.2. The predicted octanol–water partition coefficient (Wildman–Crippen LogP) is 2.19. The van der Waals surface area contributed by atoms with Crippen LogP contribution in [0.5, 0.6) is 5.75 Å². The molecule has 1 spiro atoms. The van der Waals surface area contributed by atoms with E-state index in [2.05, 4.69) is 10.3 Å². The van der Waals surface area contributed by atoms with E-state index in [-0.39, 0.29) is 11.8 Å². The monoisotopic (exact) mass is 351 g/mol. The van der Waals surface area contributed by atoms with Crippen LogP contribution < -0.4 is 10.1 Å². The van der Waals surface area contributed by atoms with Gasteiger partial charge in [-0.3, -0.25) is 14.6 Å². The van der Waals surface area contributed by atoms with E-state index in [0.29, 0.717) is 36.5 Å². The molecule has 6 heteroatoms. The lowest BCUT2D eigenvalue weighted by molar-refractivity contribution is -0.000877. The van der Waals surface area contributed by atoms with Gasteiger partial charge in [-0.1, -0.05) is 12.1 Å². The first-order valence-electron chi connectivity index (χ1n) is 8.85. The first kappa shape index (κ1) is 16.6. The molecule has 2 amide bonds. The summed E-state index contributed by atoms with van der Waals surface area (Å²) in [4.78, 5) is 31.2. The molecule has 0 radical (unpaired) electrons. The van der Waals surface area contributed by atoms with E-state index in [0.717, 1.165) is 18.5 Å².